The number of thiazole rings is 1. The Morgan fingerprint density at radius 2 is 2.33 bits per heavy atom. The molecule has 0 saturated carbocycles. The van der Waals surface area contributed by atoms with Crippen molar-refractivity contribution in [1.29, 1.82) is 0 Å². The predicted octanol–water partition coefficient (Wildman–Crippen LogP) is 3.09. The second-order valence-corrected chi connectivity index (χ2v) is 5.87. The number of nitrogens with one attached hydrogen (secondary N) is 1. The van der Waals surface area contributed by atoms with Crippen molar-refractivity contribution in [3.8, 4) is 0 Å². The molecule has 1 aliphatic rings. The summed E-state index contributed by atoms with van der Waals surface area (Å²) >= 11 is 1.63. The number of nitrogens with zero attached hydrogens (tertiary/aromatic N) is 3. The van der Waals surface area contributed by atoms with Crippen molar-refractivity contribution in [3.63, 3.8) is 0 Å². The van der Waals surface area contributed by atoms with Gasteiger partial charge in [-0.3, -0.25) is 5.32 Å². The summed E-state index contributed by atoms with van der Waals surface area (Å²) in [5.41, 5.74) is 0. The highest BCUT2D eigenvalue weighted by Crippen LogP contribution is 2.28. The Morgan fingerprint density at radius 1 is 1.43 bits per heavy atom. The molecule has 0 bridgehead atoms. The summed E-state index contributed by atoms with van der Waals surface area (Å²) in [6.07, 6.45) is 4.88. The number of piperidine rings is 1. The summed E-state index contributed by atoms with van der Waals surface area (Å²) in [6.45, 7) is 1.37. The number of hydrogen-bond donors (Lipinski definition) is 1. The van der Waals surface area contributed by atoms with Crippen LogP contribution in [0, 0.1) is 5.82 Å². The Bertz CT molecular complexity index is 602. The van der Waals surface area contributed by atoms with Crippen molar-refractivity contribution in [3.05, 3.63) is 40.7 Å². The van der Waals surface area contributed by atoms with E-state index < -0.39 is 5.82 Å². The van der Waals surface area contributed by atoms with Crippen LogP contribution in [0.4, 0.5) is 15.0 Å². The quantitative estimate of drug-likeness (QED) is 0.927. The largest absolute Gasteiger partial charge is 0.324 e. The van der Waals surface area contributed by atoms with E-state index in [1.807, 2.05) is 5.38 Å². The molecular weight excluding hydrogens is 291 g/mol. The summed E-state index contributed by atoms with van der Waals surface area (Å²) in [5, 5.41) is 5.73. The highest BCUT2D eigenvalue weighted by molar-refractivity contribution is 7.09. The zero-order valence-electron chi connectivity index (χ0n) is 11.3. The Labute approximate surface area is 125 Å². The minimum Gasteiger partial charge on any atom is -0.324 e. The van der Waals surface area contributed by atoms with E-state index in [4.69, 9.17) is 0 Å². The molecule has 3 rings (SSSR count). The van der Waals surface area contributed by atoms with Crippen molar-refractivity contribution >= 4 is 23.2 Å². The third kappa shape index (κ3) is 3.36. The van der Waals surface area contributed by atoms with Gasteiger partial charge in [0.15, 0.2) is 0 Å². The minimum absolute atomic E-state index is 0.199. The lowest BCUT2D eigenvalue weighted by atomic mass is 9.99. The first kappa shape index (κ1) is 13.9. The van der Waals surface area contributed by atoms with Crippen LogP contribution in [0.5, 0.6) is 0 Å². The highest BCUT2D eigenvalue weighted by atomic mass is 32.1. The van der Waals surface area contributed by atoms with E-state index in [-0.39, 0.29) is 6.03 Å². The van der Waals surface area contributed by atoms with Crippen LogP contribution in [0.25, 0.3) is 0 Å². The van der Waals surface area contributed by atoms with E-state index in [9.17, 15) is 9.18 Å². The second-order valence-electron chi connectivity index (χ2n) is 4.95. The molecule has 2 amide bonds. The fourth-order valence-electron chi connectivity index (χ4n) is 2.44. The molecule has 0 spiro atoms. The number of carbonyl (C=O) groups excluding carboxylic acids is 1. The summed E-state index contributed by atoms with van der Waals surface area (Å²) in [7, 11) is 0. The number of anilines is 1. The molecular formula is C14H15FN4OS. The summed E-state index contributed by atoms with van der Waals surface area (Å²) in [4.78, 5) is 22.2. The van der Waals surface area contributed by atoms with Crippen molar-refractivity contribution in [2.45, 2.75) is 18.8 Å². The number of carbonyl (C=O) groups is 1. The number of halogens is 1. The van der Waals surface area contributed by atoms with E-state index in [0.717, 1.165) is 30.6 Å². The summed E-state index contributed by atoms with van der Waals surface area (Å²) < 4.78 is 12.8. The predicted molar refractivity (Wildman–Crippen MR) is 78.9 cm³/mol. The molecule has 0 aromatic carbocycles. The molecule has 2 aromatic rings. The number of urea groups is 1. The van der Waals surface area contributed by atoms with Crippen LogP contribution < -0.4 is 5.32 Å². The van der Waals surface area contributed by atoms with E-state index in [1.165, 1.54) is 12.1 Å². The topological polar surface area (TPSA) is 58.1 Å². The van der Waals surface area contributed by atoms with Crippen molar-refractivity contribution in [2.24, 2.45) is 0 Å². The normalized spacial score (nSPS) is 18.5. The number of hydrogen-bond acceptors (Lipinski definition) is 4. The van der Waals surface area contributed by atoms with Gasteiger partial charge in [0.1, 0.15) is 11.6 Å². The zero-order valence-corrected chi connectivity index (χ0v) is 12.1. The lowest BCUT2D eigenvalue weighted by Crippen LogP contribution is -2.41. The van der Waals surface area contributed by atoms with Gasteiger partial charge in [-0.2, -0.15) is 0 Å². The van der Waals surface area contributed by atoms with Crippen LogP contribution in [0.3, 0.4) is 0 Å². The van der Waals surface area contributed by atoms with E-state index in [1.54, 1.807) is 22.4 Å². The fourth-order valence-corrected chi connectivity index (χ4v) is 3.21. The maximum absolute atomic E-state index is 12.8. The van der Waals surface area contributed by atoms with Gasteiger partial charge < -0.3 is 4.90 Å². The van der Waals surface area contributed by atoms with Crippen LogP contribution in [-0.4, -0.2) is 34.0 Å². The molecule has 1 unspecified atom stereocenters. The maximum Gasteiger partial charge on any atom is 0.323 e. The Hall–Kier alpha value is -2.02. The van der Waals surface area contributed by atoms with Crippen LogP contribution in [0.15, 0.2) is 29.9 Å². The van der Waals surface area contributed by atoms with Gasteiger partial charge in [0, 0.05) is 30.6 Å². The Balaban J connectivity index is 1.63. The van der Waals surface area contributed by atoms with Crippen LogP contribution in [0.1, 0.15) is 23.8 Å². The summed E-state index contributed by atoms with van der Waals surface area (Å²) in [6, 6.07) is 2.53. The lowest BCUT2D eigenvalue weighted by molar-refractivity contribution is 0.192. The van der Waals surface area contributed by atoms with Gasteiger partial charge in [-0.05, 0) is 25.0 Å². The van der Waals surface area contributed by atoms with Crippen LogP contribution >= 0.6 is 11.3 Å². The van der Waals surface area contributed by atoms with E-state index in [0.29, 0.717) is 18.3 Å². The van der Waals surface area contributed by atoms with Gasteiger partial charge in [0.25, 0.3) is 0 Å². The van der Waals surface area contributed by atoms with Gasteiger partial charge in [0.2, 0.25) is 0 Å². The first-order valence-electron chi connectivity index (χ1n) is 6.79. The van der Waals surface area contributed by atoms with Crippen molar-refractivity contribution in [1.82, 2.24) is 14.9 Å². The van der Waals surface area contributed by atoms with Gasteiger partial charge in [-0.1, -0.05) is 0 Å². The highest BCUT2D eigenvalue weighted by Gasteiger charge is 2.26. The molecule has 0 aliphatic carbocycles. The van der Waals surface area contributed by atoms with E-state index >= 15 is 0 Å². The SMILES string of the molecule is O=C(Nc1ccc(F)cn1)N1CCCC(c2nccs2)C1. The number of rotatable bonds is 2. The third-order valence-electron chi connectivity index (χ3n) is 3.47. The average Bonchev–Trinajstić information content (AvgIpc) is 3.04. The molecule has 7 heteroatoms. The number of amides is 2. The monoisotopic (exact) mass is 306 g/mol. The first-order valence-corrected chi connectivity index (χ1v) is 7.67. The van der Waals surface area contributed by atoms with Crippen LogP contribution in [0.2, 0.25) is 0 Å². The molecule has 110 valence electrons. The molecule has 1 atom stereocenters. The fraction of sp³-hybridized carbons (Fsp3) is 0.357. The van der Waals surface area contributed by atoms with Gasteiger partial charge in [-0.15, -0.1) is 11.3 Å². The maximum atomic E-state index is 12.8. The molecule has 1 aliphatic heterocycles. The smallest absolute Gasteiger partial charge is 0.323 e. The molecule has 3 heterocycles. The minimum atomic E-state index is -0.421. The zero-order chi connectivity index (χ0) is 14.7. The van der Waals surface area contributed by atoms with Crippen molar-refractivity contribution < 1.29 is 9.18 Å². The summed E-state index contributed by atoms with van der Waals surface area (Å²) in [5.74, 6) is 0.234. The molecule has 0 radical (unpaired) electrons. The number of pyridine rings is 1. The third-order valence-corrected chi connectivity index (χ3v) is 4.41. The van der Waals surface area contributed by atoms with Gasteiger partial charge in [0.05, 0.1) is 11.2 Å². The lowest BCUT2D eigenvalue weighted by Gasteiger charge is -2.31. The van der Waals surface area contributed by atoms with Gasteiger partial charge in [-0.25, -0.2) is 19.2 Å². The number of aromatic nitrogens is 2. The molecule has 1 saturated heterocycles. The number of likely N-dealkylation sites (tertiary alicyclic amines) is 1. The average molecular weight is 306 g/mol. The van der Waals surface area contributed by atoms with E-state index in [2.05, 4.69) is 15.3 Å². The molecule has 21 heavy (non-hydrogen) atoms. The molecule has 1 N–H and O–H groups in total. The Morgan fingerprint density at radius 3 is 3.05 bits per heavy atom. The standard InChI is InChI=1S/C14H15FN4OS/c15-11-3-4-12(17-8-11)18-14(20)19-6-1-2-10(9-19)13-16-5-7-21-13/h3-5,7-8,10H,1-2,6,9H2,(H,17,18,20). The second kappa shape index (κ2) is 6.17. The van der Waals surface area contributed by atoms with Crippen molar-refractivity contribution in [2.75, 3.05) is 18.4 Å². The molecule has 5 nitrogen and oxygen atoms in total. The Kier molecular flexibility index (Phi) is 4.10. The molecule has 1 fully saturated rings. The van der Waals surface area contributed by atoms with Gasteiger partial charge >= 0.3 is 6.03 Å². The van der Waals surface area contributed by atoms with Crippen LogP contribution in [-0.2, 0) is 0 Å². The molecule has 2 aromatic heterocycles. The first-order chi connectivity index (χ1) is 10.2.